The predicted molar refractivity (Wildman–Crippen MR) is 119 cm³/mol. The van der Waals surface area contributed by atoms with Crippen molar-refractivity contribution in [1.82, 2.24) is 14.5 Å². The van der Waals surface area contributed by atoms with Crippen molar-refractivity contribution in [2.24, 2.45) is 0 Å². The molecule has 34 heavy (non-hydrogen) atoms. The number of hydrogen-bond acceptors (Lipinski definition) is 4. The molecule has 2 amide bonds. The number of nitrogens with zero attached hydrogens (tertiary/aromatic N) is 4. The molecule has 1 aliphatic rings. The predicted octanol–water partition coefficient (Wildman–Crippen LogP) is 4.57. The summed E-state index contributed by atoms with van der Waals surface area (Å²) >= 11 is 0. The van der Waals surface area contributed by atoms with E-state index in [9.17, 15) is 22.8 Å². The van der Waals surface area contributed by atoms with Gasteiger partial charge in [0.15, 0.2) is 0 Å². The van der Waals surface area contributed by atoms with E-state index < -0.39 is 23.7 Å². The van der Waals surface area contributed by atoms with E-state index in [0.717, 1.165) is 17.7 Å². The monoisotopic (exact) mass is 465 g/mol. The summed E-state index contributed by atoms with van der Waals surface area (Å²) in [5, 5.41) is 2.48. The fourth-order valence-electron chi connectivity index (χ4n) is 4.08. The number of halogens is 3. The minimum Gasteiger partial charge on any atom is -0.326 e. The van der Waals surface area contributed by atoms with Gasteiger partial charge in [-0.2, -0.15) is 13.2 Å². The summed E-state index contributed by atoms with van der Waals surface area (Å²) in [7, 11) is 0. The third-order valence-electron chi connectivity index (χ3n) is 5.60. The number of rotatable bonds is 5. The highest BCUT2D eigenvalue weighted by molar-refractivity contribution is 6.05. The second kappa shape index (κ2) is 8.29. The molecule has 7 nitrogen and oxygen atoms in total. The molecule has 0 fully saturated rings. The summed E-state index contributed by atoms with van der Waals surface area (Å²) < 4.78 is 40.7. The number of carbonyl (C=O) groups is 2. The Labute approximate surface area is 191 Å². The summed E-state index contributed by atoms with van der Waals surface area (Å²) in [5.74, 6) is -0.493. The molecule has 0 aliphatic carbocycles. The number of pyridine rings is 1. The van der Waals surface area contributed by atoms with E-state index in [0.29, 0.717) is 17.0 Å². The highest BCUT2D eigenvalue weighted by Crippen LogP contribution is 2.37. The number of fused-ring (bicyclic) bond motifs is 3. The number of alkyl halides is 3. The molecule has 1 aliphatic heterocycles. The summed E-state index contributed by atoms with van der Waals surface area (Å²) in [6.45, 7) is 0.224. The van der Waals surface area contributed by atoms with Gasteiger partial charge in [-0.25, -0.2) is 4.98 Å². The highest BCUT2D eigenvalue weighted by atomic mass is 19.4. The van der Waals surface area contributed by atoms with E-state index in [2.05, 4.69) is 15.3 Å². The third-order valence-corrected chi connectivity index (χ3v) is 5.60. The van der Waals surface area contributed by atoms with Crippen molar-refractivity contribution in [2.45, 2.75) is 25.2 Å². The number of hydrogen-bond donors (Lipinski definition) is 1. The Morgan fingerprint density at radius 3 is 2.65 bits per heavy atom. The molecule has 172 valence electrons. The van der Waals surface area contributed by atoms with Crippen LogP contribution in [0.3, 0.4) is 0 Å². The van der Waals surface area contributed by atoms with Crippen molar-refractivity contribution in [1.29, 1.82) is 0 Å². The number of benzene rings is 2. The molecule has 2 aromatic carbocycles. The lowest BCUT2D eigenvalue weighted by molar-refractivity contribution is -0.137. The van der Waals surface area contributed by atoms with Crippen molar-refractivity contribution < 1.29 is 22.8 Å². The zero-order chi connectivity index (χ0) is 23.9. The van der Waals surface area contributed by atoms with Gasteiger partial charge in [0.25, 0.3) is 5.91 Å². The Bertz CT molecular complexity index is 1380. The van der Waals surface area contributed by atoms with Gasteiger partial charge >= 0.3 is 6.18 Å². The molecule has 2 aromatic heterocycles. The summed E-state index contributed by atoms with van der Waals surface area (Å²) in [6, 6.07) is 14.4. The molecular weight excluding hydrogens is 447 g/mol. The second-order valence-corrected chi connectivity index (χ2v) is 7.90. The summed E-state index contributed by atoms with van der Waals surface area (Å²) in [5.41, 5.74) is 1.30. The topological polar surface area (TPSA) is 80.1 Å². The molecule has 0 bridgehead atoms. The van der Waals surface area contributed by atoms with Crippen LogP contribution in [0.5, 0.6) is 0 Å². The van der Waals surface area contributed by atoms with E-state index in [-0.39, 0.29) is 24.6 Å². The SMILES string of the molecule is O=C(C[C@H]1C(=O)N(Cc2cccnc2)c2nc3ccccc3n21)Nc1cccc(C(F)(F)F)c1. The zero-order valence-electron chi connectivity index (χ0n) is 17.7. The van der Waals surface area contributed by atoms with E-state index >= 15 is 0 Å². The van der Waals surface area contributed by atoms with Crippen molar-refractivity contribution in [3.05, 3.63) is 84.2 Å². The first-order valence-corrected chi connectivity index (χ1v) is 10.5. The van der Waals surface area contributed by atoms with Crippen LogP contribution < -0.4 is 10.2 Å². The lowest BCUT2D eigenvalue weighted by atomic mass is 10.1. The van der Waals surface area contributed by atoms with Gasteiger partial charge in [-0.15, -0.1) is 0 Å². The molecule has 5 rings (SSSR count). The van der Waals surface area contributed by atoms with Crippen molar-refractivity contribution in [3.63, 3.8) is 0 Å². The van der Waals surface area contributed by atoms with Crippen LogP contribution in [0.25, 0.3) is 11.0 Å². The van der Waals surface area contributed by atoms with Gasteiger partial charge in [0.1, 0.15) is 6.04 Å². The Morgan fingerprint density at radius 1 is 1.06 bits per heavy atom. The van der Waals surface area contributed by atoms with Gasteiger partial charge in [0, 0.05) is 18.1 Å². The Kier molecular flexibility index (Phi) is 5.27. The Morgan fingerprint density at radius 2 is 1.88 bits per heavy atom. The second-order valence-electron chi connectivity index (χ2n) is 7.90. The van der Waals surface area contributed by atoms with Gasteiger partial charge in [-0.05, 0) is 42.0 Å². The van der Waals surface area contributed by atoms with E-state index in [1.54, 1.807) is 23.0 Å². The number of nitrogens with one attached hydrogen (secondary N) is 1. The molecule has 0 saturated carbocycles. The number of amides is 2. The van der Waals surface area contributed by atoms with Crippen LogP contribution in [-0.4, -0.2) is 26.3 Å². The quantitative estimate of drug-likeness (QED) is 0.468. The number of anilines is 2. The van der Waals surface area contributed by atoms with Gasteiger partial charge in [0.2, 0.25) is 11.9 Å². The molecule has 1 atom stereocenters. The van der Waals surface area contributed by atoms with Crippen LogP contribution >= 0.6 is 0 Å². The van der Waals surface area contributed by atoms with Crippen LogP contribution in [-0.2, 0) is 22.3 Å². The molecule has 0 radical (unpaired) electrons. The maximum absolute atomic E-state index is 13.4. The largest absolute Gasteiger partial charge is 0.416 e. The van der Waals surface area contributed by atoms with Crippen molar-refractivity contribution in [2.75, 3.05) is 10.2 Å². The average Bonchev–Trinajstić information content (AvgIpc) is 3.30. The van der Waals surface area contributed by atoms with E-state index in [4.69, 9.17) is 0 Å². The molecule has 1 N–H and O–H groups in total. The average molecular weight is 465 g/mol. The minimum absolute atomic E-state index is 0.00759. The van der Waals surface area contributed by atoms with Crippen LogP contribution in [0.15, 0.2) is 73.1 Å². The van der Waals surface area contributed by atoms with Gasteiger partial charge in [-0.1, -0.05) is 24.3 Å². The van der Waals surface area contributed by atoms with Crippen LogP contribution in [0.1, 0.15) is 23.6 Å². The molecule has 0 spiro atoms. The first kappa shape index (κ1) is 21.6. The Balaban J connectivity index is 1.44. The minimum atomic E-state index is -4.53. The number of imidazole rings is 1. The van der Waals surface area contributed by atoms with Crippen LogP contribution in [0.2, 0.25) is 0 Å². The lowest BCUT2D eigenvalue weighted by Crippen LogP contribution is -2.31. The normalized spacial score (nSPS) is 15.6. The summed E-state index contributed by atoms with van der Waals surface area (Å²) in [6.07, 6.45) is -1.51. The maximum atomic E-state index is 13.4. The smallest absolute Gasteiger partial charge is 0.326 e. The Hall–Kier alpha value is -4.21. The number of para-hydroxylation sites is 2. The van der Waals surface area contributed by atoms with Gasteiger partial charge in [0.05, 0.1) is 29.6 Å². The lowest BCUT2D eigenvalue weighted by Gasteiger charge is -2.16. The fraction of sp³-hybridized carbons (Fsp3) is 0.167. The molecule has 3 heterocycles. The van der Waals surface area contributed by atoms with Gasteiger partial charge < -0.3 is 5.32 Å². The van der Waals surface area contributed by atoms with Crippen molar-refractivity contribution >= 4 is 34.5 Å². The van der Waals surface area contributed by atoms with E-state index in [1.165, 1.54) is 17.0 Å². The summed E-state index contributed by atoms with van der Waals surface area (Å²) in [4.78, 5) is 36.3. The van der Waals surface area contributed by atoms with Crippen molar-refractivity contribution in [3.8, 4) is 0 Å². The molecule has 4 aromatic rings. The molecular formula is C24H18F3N5O2. The number of aromatic nitrogens is 3. The highest BCUT2D eigenvalue weighted by Gasteiger charge is 2.41. The van der Waals surface area contributed by atoms with Crippen LogP contribution in [0.4, 0.5) is 24.8 Å². The first-order chi connectivity index (χ1) is 16.3. The zero-order valence-corrected chi connectivity index (χ0v) is 17.7. The fourth-order valence-corrected chi connectivity index (χ4v) is 4.08. The molecule has 0 unspecified atom stereocenters. The van der Waals surface area contributed by atoms with E-state index in [1.807, 2.05) is 30.3 Å². The third kappa shape index (κ3) is 3.98. The molecule has 0 saturated heterocycles. The first-order valence-electron chi connectivity index (χ1n) is 10.5. The van der Waals surface area contributed by atoms with Crippen LogP contribution in [0, 0.1) is 0 Å². The molecule has 10 heteroatoms. The standard InChI is InChI=1S/C24H18F3N5O2/c25-24(26,27)16-6-3-7-17(11-16)29-21(33)12-20-22(34)31(14-15-5-4-10-28-13-15)23-30-18-8-1-2-9-19(18)32(20)23/h1-11,13,20H,12,14H2,(H,29,33)/t20-/m0/s1. The van der Waals surface area contributed by atoms with Gasteiger partial charge in [-0.3, -0.25) is 24.0 Å². The number of carbonyl (C=O) groups excluding carboxylic acids is 2. The maximum Gasteiger partial charge on any atom is 0.416 e.